The fraction of sp³-hybridized carbons (Fsp3) is 0.0444. The molecule has 1 aromatic heterocycles. The van der Waals surface area contributed by atoms with Crippen LogP contribution >= 0.6 is 0 Å². The minimum atomic E-state index is 0.872. The maximum absolute atomic E-state index is 5.00. The van der Waals surface area contributed by atoms with E-state index in [0.29, 0.717) is 0 Å². The average molecular weight is 601 g/mol. The molecule has 0 atom stereocenters. The fourth-order valence-electron chi connectivity index (χ4n) is 7.45. The van der Waals surface area contributed by atoms with E-state index in [9.17, 15) is 0 Å². The summed E-state index contributed by atoms with van der Waals surface area (Å²) in [4.78, 5) is 5.00. The average Bonchev–Trinajstić information content (AvgIpc) is 3.52. The molecule has 9 rings (SSSR count). The Hall–Kier alpha value is -5.99. The first-order chi connectivity index (χ1) is 23.3. The quantitative estimate of drug-likeness (QED) is 0.180. The SMILES string of the molecule is CCn1c(-c2ccc(-c3c4ccccc4c(-c4ccc(-c5cccc6ccccc56)cc4)c4ccccc34)cc2)nc2ccccc21. The lowest BCUT2D eigenvalue weighted by atomic mass is 9.85. The van der Waals surface area contributed by atoms with Crippen LogP contribution in [0.25, 0.3) is 88.1 Å². The fourth-order valence-corrected chi connectivity index (χ4v) is 7.45. The van der Waals surface area contributed by atoms with Crippen molar-refractivity contribution in [3.05, 3.63) is 164 Å². The number of hydrogen-bond acceptors (Lipinski definition) is 1. The molecule has 0 unspecified atom stereocenters. The molecule has 0 fully saturated rings. The topological polar surface area (TPSA) is 17.8 Å². The van der Waals surface area contributed by atoms with E-state index in [-0.39, 0.29) is 0 Å². The molecule has 1 heterocycles. The Labute approximate surface area is 274 Å². The summed E-state index contributed by atoms with van der Waals surface area (Å²) in [6.45, 7) is 3.06. The highest BCUT2D eigenvalue weighted by molar-refractivity contribution is 6.21. The minimum absolute atomic E-state index is 0.872. The lowest BCUT2D eigenvalue weighted by molar-refractivity contribution is 0.796. The van der Waals surface area contributed by atoms with Crippen LogP contribution in [0.15, 0.2) is 164 Å². The Bertz CT molecular complexity index is 2530. The minimum Gasteiger partial charge on any atom is -0.324 e. The molecular weight excluding hydrogens is 569 g/mol. The third kappa shape index (κ3) is 4.45. The monoisotopic (exact) mass is 600 g/mol. The lowest BCUT2D eigenvalue weighted by Gasteiger charge is -2.18. The number of hydrogen-bond donors (Lipinski definition) is 0. The number of para-hydroxylation sites is 2. The molecule has 0 bridgehead atoms. The van der Waals surface area contributed by atoms with Gasteiger partial charge in [0.15, 0.2) is 0 Å². The van der Waals surface area contributed by atoms with E-state index in [0.717, 1.165) is 23.4 Å². The number of rotatable bonds is 5. The van der Waals surface area contributed by atoms with Crippen molar-refractivity contribution in [2.75, 3.05) is 0 Å². The third-order valence-electron chi connectivity index (χ3n) is 9.61. The Kier molecular flexibility index (Phi) is 6.46. The van der Waals surface area contributed by atoms with Gasteiger partial charge in [-0.3, -0.25) is 0 Å². The molecule has 0 aliphatic heterocycles. The van der Waals surface area contributed by atoms with E-state index in [1.54, 1.807) is 0 Å². The van der Waals surface area contributed by atoms with Crippen LogP contribution in [0.4, 0.5) is 0 Å². The zero-order valence-electron chi connectivity index (χ0n) is 26.2. The maximum atomic E-state index is 5.00. The van der Waals surface area contributed by atoms with Gasteiger partial charge in [0.2, 0.25) is 0 Å². The molecule has 8 aromatic carbocycles. The zero-order valence-corrected chi connectivity index (χ0v) is 26.2. The molecule has 0 radical (unpaired) electrons. The number of imidazole rings is 1. The molecule has 0 saturated carbocycles. The van der Waals surface area contributed by atoms with Crippen LogP contribution in [0.5, 0.6) is 0 Å². The van der Waals surface area contributed by atoms with Crippen LogP contribution < -0.4 is 0 Å². The van der Waals surface area contributed by atoms with Gasteiger partial charge in [0.25, 0.3) is 0 Å². The maximum Gasteiger partial charge on any atom is 0.141 e. The number of aromatic nitrogens is 2. The first-order valence-electron chi connectivity index (χ1n) is 16.4. The molecule has 222 valence electrons. The Balaban J connectivity index is 1.19. The summed E-state index contributed by atoms with van der Waals surface area (Å²) in [7, 11) is 0. The van der Waals surface area contributed by atoms with Crippen LogP contribution in [0.3, 0.4) is 0 Å². The molecular formula is C45H32N2. The molecule has 0 aliphatic carbocycles. The molecule has 0 N–H and O–H groups in total. The summed E-state index contributed by atoms with van der Waals surface area (Å²) in [5, 5.41) is 7.58. The highest BCUT2D eigenvalue weighted by atomic mass is 15.1. The van der Waals surface area contributed by atoms with E-state index in [4.69, 9.17) is 4.98 Å². The van der Waals surface area contributed by atoms with Gasteiger partial charge in [-0.15, -0.1) is 0 Å². The first-order valence-corrected chi connectivity index (χ1v) is 16.4. The van der Waals surface area contributed by atoms with Crippen LogP contribution in [-0.4, -0.2) is 9.55 Å². The largest absolute Gasteiger partial charge is 0.324 e. The van der Waals surface area contributed by atoms with Crippen molar-refractivity contribution < 1.29 is 0 Å². The number of aryl methyl sites for hydroxylation is 1. The number of nitrogens with zero attached hydrogens (tertiary/aromatic N) is 2. The van der Waals surface area contributed by atoms with Crippen molar-refractivity contribution in [2.45, 2.75) is 13.5 Å². The Morgan fingerprint density at radius 3 is 1.49 bits per heavy atom. The molecule has 0 aliphatic rings. The van der Waals surface area contributed by atoms with Crippen molar-refractivity contribution in [1.29, 1.82) is 0 Å². The summed E-state index contributed by atoms with van der Waals surface area (Å²) in [6, 6.07) is 59.4. The predicted octanol–water partition coefficient (Wildman–Crippen LogP) is 12.2. The van der Waals surface area contributed by atoms with Gasteiger partial charge in [0, 0.05) is 12.1 Å². The number of benzene rings is 8. The molecule has 0 amide bonds. The molecule has 9 aromatic rings. The van der Waals surface area contributed by atoms with Crippen LogP contribution in [-0.2, 0) is 6.54 Å². The van der Waals surface area contributed by atoms with Crippen molar-refractivity contribution in [1.82, 2.24) is 9.55 Å². The van der Waals surface area contributed by atoms with Gasteiger partial charge in [-0.25, -0.2) is 4.98 Å². The van der Waals surface area contributed by atoms with E-state index in [1.807, 2.05) is 0 Å². The third-order valence-corrected chi connectivity index (χ3v) is 9.61. The van der Waals surface area contributed by atoms with Gasteiger partial charge in [0.05, 0.1) is 11.0 Å². The summed E-state index contributed by atoms with van der Waals surface area (Å²) in [6.07, 6.45) is 0. The highest BCUT2D eigenvalue weighted by Crippen LogP contribution is 2.44. The summed E-state index contributed by atoms with van der Waals surface area (Å²) >= 11 is 0. The van der Waals surface area contributed by atoms with Gasteiger partial charge in [0.1, 0.15) is 5.82 Å². The van der Waals surface area contributed by atoms with Gasteiger partial charge in [-0.2, -0.15) is 0 Å². The van der Waals surface area contributed by atoms with E-state index in [1.165, 1.54) is 71.2 Å². The van der Waals surface area contributed by atoms with Crippen molar-refractivity contribution in [2.24, 2.45) is 0 Å². The molecule has 0 spiro atoms. The van der Waals surface area contributed by atoms with Crippen LogP contribution in [0.1, 0.15) is 6.92 Å². The van der Waals surface area contributed by atoms with E-state index < -0.39 is 0 Å². The Morgan fingerprint density at radius 2 is 0.894 bits per heavy atom. The zero-order chi connectivity index (χ0) is 31.3. The second-order valence-corrected chi connectivity index (χ2v) is 12.2. The highest BCUT2D eigenvalue weighted by Gasteiger charge is 2.18. The molecule has 2 heteroatoms. The van der Waals surface area contributed by atoms with Gasteiger partial charge in [-0.05, 0) is 84.8 Å². The second-order valence-electron chi connectivity index (χ2n) is 12.2. The second kappa shape index (κ2) is 11.1. The normalized spacial score (nSPS) is 11.6. The van der Waals surface area contributed by atoms with Crippen molar-refractivity contribution >= 4 is 43.4 Å². The Morgan fingerprint density at radius 1 is 0.426 bits per heavy atom. The van der Waals surface area contributed by atoms with Gasteiger partial charge in [-0.1, -0.05) is 152 Å². The standard InChI is InChI=1S/C45H32N2/c1-2-47-42-21-10-9-20-41(42)46-45(47)34-28-26-33(27-29-34)44-39-17-7-5-15-37(39)43(38-16-6-8-18-40(38)44)32-24-22-31(23-25-32)36-19-11-13-30-12-3-4-14-35(30)36/h3-29H,2H2,1H3. The van der Waals surface area contributed by atoms with E-state index in [2.05, 4.69) is 175 Å². The van der Waals surface area contributed by atoms with Crippen LogP contribution in [0.2, 0.25) is 0 Å². The van der Waals surface area contributed by atoms with Gasteiger partial charge >= 0.3 is 0 Å². The summed E-state index contributed by atoms with van der Waals surface area (Å²) in [5.74, 6) is 1.01. The lowest BCUT2D eigenvalue weighted by Crippen LogP contribution is -1.97. The smallest absolute Gasteiger partial charge is 0.141 e. The molecule has 47 heavy (non-hydrogen) atoms. The van der Waals surface area contributed by atoms with Gasteiger partial charge < -0.3 is 4.57 Å². The first kappa shape index (κ1) is 27.3. The van der Waals surface area contributed by atoms with Crippen molar-refractivity contribution in [3.8, 4) is 44.8 Å². The van der Waals surface area contributed by atoms with Crippen molar-refractivity contribution in [3.63, 3.8) is 0 Å². The summed E-state index contributed by atoms with van der Waals surface area (Å²) < 4.78 is 2.30. The van der Waals surface area contributed by atoms with E-state index >= 15 is 0 Å². The predicted molar refractivity (Wildman–Crippen MR) is 200 cm³/mol. The molecule has 2 nitrogen and oxygen atoms in total. The summed E-state index contributed by atoms with van der Waals surface area (Å²) in [5.41, 5.74) is 10.8. The van der Waals surface area contributed by atoms with Crippen LogP contribution in [0, 0.1) is 0 Å². The number of fused-ring (bicyclic) bond motifs is 4. The molecule has 0 saturated heterocycles.